The Bertz CT molecular complexity index is 751. The highest BCUT2D eigenvalue weighted by Gasteiger charge is 2.33. The van der Waals surface area contributed by atoms with Crippen LogP contribution in [0.1, 0.15) is 18.5 Å². The predicted octanol–water partition coefficient (Wildman–Crippen LogP) is 2.43. The third kappa shape index (κ3) is 4.30. The van der Waals surface area contributed by atoms with E-state index >= 15 is 0 Å². The van der Waals surface area contributed by atoms with Crippen molar-refractivity contribution in [1.29, 1.82) is 0 Å². The Morgan fingerprint density at radius 3 is 2.77 bits per heavy atom. The Labute approximate surface area is 149 Å². The van der Waals surface area contributed by atoms with E-state index in [9.17, 15) is 13.2 Å². The molecule has 3 heterocycles. The lowest BCUT2D eigenvalue weighted by molar-refractivity contribution is -0.141. The topological polar surface area (TPSA) is 70.1 Å². The summed E-state index contributed by atoms with van der Waals surface area (Å²) < 4.78 is 38.4. The minimum absolute atomic E-state index is 0.0497. The van der Waals surface area contributed by atoms with E-state index < -0.39 is 11.9 Å². The first kappa shape index (κ1) is 18.2. The van der Waals surface area contributed by atoms with Crippen molar-refractivity contribution in [2.45, 2.75) is 25.1 Å². The summed E-state index contributed by atoms with van der Waals surface area (Å²) in [4.78, 5) is 19.9. The molecule has 1 fully saturated rings. The van der Waals surface area contributed by atoms with Crippen molar-refractivity contribution in [2.24, 2.45) is 0 Å². The van der Waals surface area contributed by atoms with Crippen LogP contribution in [0.5, 0.6) is 0 Å². The maximum Gasteiger partial charge on any atom is 0.433 e. The molecular weight excluding hydrogens is 347 g/mol. The van der Waals surface area contributed by atoms with Gasteiger partial charge in [-0.05, 0) is 18.9 Å². The van der Waals surface area contributed by atoms with Crippen LogP contribution in [0.2, 0.25) is 0 Å². The fraction of sp³-hybridized carbons (Fsp3) is 0.500. The average Bonchev–Trinajstić information content (AvgIpc) is 2.61. The van der Waals surface area contributed by atoms with Gasteiger partial charge in [0.05, 0.1) is 0 Å². The van der Waals surface area contributed by atoms with E-state index in [4.69, 9.17) is 0 Å². The standard InChI is InChI=1S/C16H20F3N7/c1-25(2)14-5-6-20-15(24-14)26-7-3-4-11(9-26)23-13-8-12(16(17,18)19)21-10-22-13/h5-6,8,10-11H,3-4,7,9H2,1-2H3,(H,21,22,23). The van der Waals surface area contributed by atoms with E-state index in [2.05, 4.69) is 25.3 Å². The van der Waals surface area contributed by atoms with E-state index in [1.54, 1.807) is 6.20 Å². The number of aromatic nitrogens is 4. The predicted molar refractivity (Wildman–Crippen MR) is 92.3 cm³/mol. The number of alkyl halides is 3. The van der Waals surface area contributed by atoms with Gasteiger partial charge in [-0.25, -0.2) is 15.0 Å². The number of hydrogen-bond donors (Lipinski definition) is 1. The number of hydrogen-bond acceptors (Lipinski definition) is 7. The fourth-order valence-corrected chi connectivity index (χ4v) is 2.82. The lowest BCUT2D eigenvalue weighted by Crippen LogP contribution is -2.43. The van der Waals surface area contributed by atoms with Crippen LogP contribution >= 0.6 is 0 Å². The molecule has 1 atom stereocenters. The largest absolute Gasteiger partial charge is 0.433 e. The van der Waals surface area contributed by atoms with E-state index in [0.717, 1.165) is 37.6 Å². The van der Waals surface area contributed by atoms with Gasteiger partial charge in [-0.1, -0.05) is 0 Å². The van der Waals surface area contributed by atoms with Gasteiger partial charge >= 0.3 is 6.18 Å². The molecule has 26 heavy (non-hydrogen) atoms. The molecule has 0 bridgehead atoms. The number of halogens is 3. The number of piperidine rings is 1. The van der Waals surface area contributed by atoms with Crippen LogP contribution in [0.15, 0.2) is 24.7 Å². The zero-order valence-electron chi connectivity index (χ0n) is 14.5. The molecule has 1 saturated heterocycles. The Hall–Kier alpha value is -2.65. The summed E-state index contributed by atoms with van der Waals surface area (Å²) in [6, 6.07) is 2.71. The number of rotatable bonds is 4. The van der Waals surface area contributed by atoms with Gasteiger partial charge in [0, 0.05) is 45.5 Å². The number of nitrogens with one attached hydrogen (secondary N) is 1. The van der Waals surface area contributed by atoms with Crippen molar-refractivity contribution < 1.29 is 13.2 Å². The molecule has 1 unspecified atom stereocenters. The Morgan fingerprint density at radius 2 is 2.04 bits per heavy atom. The highest BCUT2D eigenvalue weighted by Crippen LogP contribution is 2.28. The van der Waals surface area contributed by atoms with Gasteiger partial charge in [-0.3, -0.25) is 0 Å². The molecule has 1 aliphatic rings. The van der Waals surface area contributed by atoms with Gasteiger partial charge in [-0.15, -0.1) is 0 Å². The third-order valence-electron chi connectivity index (χ3n) is 4.10. The number of nitrogens with zero attached hydrogens (tertiary/aromatic N) is 6. The zero-order chi connectivity index (χ0) is 18.7. The highest BCUT2D eigenvalue weighted by molar-refractivity contribution is 5.44. The second-order valence-electron chi connectivity index (χ2n) is 6.33. The molecule has 0 aromatic carbocycles. The van der Waals surface area contributed by atoms with Gasteiger partial charge in [-0.2, -0.15) is 18.2 Å². The van der Waals surface area contributed by atoms with Crippen LogP contribution in [0.25, 0.3) is 0 Å². The Balaban J connectivity index is 1.70. The smallest absolute Gasteiger partial charge is 0.365 e. The molecule has 3 rings (SSSR count). The second-order valence-corrected chi connectivity index (χ2v) is 6.33. The van der Waals surface area contributed by atoms with Crippen LogP contribution in [0.3, 0.4) is 0 Å². The van der Waals surface area contributed by atoms with Crippen LogP contribution in [-0.4, -0.2) is 53.2 Å². The highest BCUT2D eigenvalue weighted by atomic mass is 19.4. The van der Waals surface area contributed by atoms with Crippen LogP contribution in [0.4, 0.5) is 30.8 Å². The Morgan fingerprint density at radius 1 is 1.23 bits per heavy atom. The summed E-state index contributed by atoms with van der Waals surface area (Å²) in [5.41, 5.74) is -0.954. The molecule has 1 N–H and O–H groups in total. The SMILES string of the molecule is CN(C)c1ccnc(N2CCCC(Nc3cc(C(F)(F)F)ncn3)C2)n1. The average molecular weight is 367 g/mol. The first-order valence-electron chi connectivity index (χ1n) is 8.24. The maximum atomic E-state index is 12.8. The van der Waals surface area contributed by atoms with Gasteiger partial charge in [0.1, 0.15) is 23.7 Å². The normalized spacial score (nSPS) is 17.9. The third-order valence-corrected chi connectivity index (χ3v) is 4.10. The molecule has 0 aliphatic carbocycles. The molecule has 140 valence electrons. The summed E-state index contributed by atoms with van der Waals surface area (Å²) in [5, 5.41) is 3.07. The van der Waals surface area contributed by atoms with Gasteiger partial charge in [0.2, 0.25) is 5.95 Å². The van der Waals surface area contributed by atoms with Gasteiger partial charge in [0.25, 0.3) is 0 Å². The molecule has 2 aromatic rings. The molecular formula is C16H20F3N7. The van der Waals surface area contributed by atoms with Crippen molar-refractivity contribution in [3.8, 4) is 0 Å². The van der Waals surface area contributed by atoms with Crippen molar-refractivity contribution in [3.05, 3.63) is 30.4 Å². The van der Waals surface area contributed by atoms with Gasteiger partial charge in [0.15, 0.2) is 0 Å². The van der Waals surface area contributed by atoms with E-state index in [1.807, 2.05) is 30.0 Å². The molecule has 2 aromatic heterocycles. The first-order valence-corrected chi connectivity index (χ1v) is 8.24. The van der Waals surface area contributed by atoms with Crippen molar-refractivity contribution in [2.75, 3.05) is 42.3 Å². The summed E-state index contributed by atoms with van der Waals surface area (Å²) in [7, 11) is 3.81. The first-order chi connectivity index (χ1) is 12.3. The monoisotopic (exact) mass is 367 g/mol. The van der Waals surface area contributed by atoms with E-state index in [1.165, 1.54) is 0 Å². The molecule has 0 saturated carbocycles. The summed E-state index contributed by atoms with van der Waals surface area (Å²) >= 11 is 0. The van der Waals surface area contributed by atoms with Crippen LogP contribution < -0.4 is 15.1 Å². The van der Waals surface area contributed by atoms with Gasteiger partial charge < -0.3 is 15.1 Å². The summed E-state index contributed by atoms with van der Waals surface area (Å²) in [5.74, 6) is 1.58. The quantitative estimate of drug-likeness (QED) is 0.890. The second kappa shape index (κ2) is 7.30. The minimum Gasteiger partial charge on any atom is -0.365 e. The van der Waals surface area contributed by atoms with Crippen molar-refractivity contribution >= 4 is 17.6 Å². The summed E-state index contributed by atoms with van der Waals surface area (Å²) in [6.45, 7) is 1.38. The minimum atomic E-state index is -4.49. The molecule has 0 spiro atoms. The summed E-state index contributed by atoms with van der Waals surface area (Å²) in [6.07, 6.45) is -0.151. The molecule has 10 heteroatoms. The maximum absolute atomic E-state index is 12.8. The molecule has 7 nitrogen and oxygen atoms in total. The van der Waals surface area contributed by atoms with Crippen LogP contribution in [0, 0.1) is 0 Å². The lowest BCUT2D eigenvalue weighted by atomic mass is 10.1. The van der Waals surface area contributed by atoms with Crippen LogP contribution in [-0.2, 0) is 6.18 Å². The molecule has 1 aliphatic heterocycles. The number of anilines is 3. The zero-order valence-corrected chi connectivity index (χ0v) is 14.5. The lowest BCUT2D eigenvalue weighted by Gasteiger charge is -2.33. The molecule has 0 radical (unpaired) electrons. The van der Waals surface area contributed by atoms with Crippen molar-refractivity contribution in [1.82, 2.24) is 19.9 Å². The van der Waals surface area contributed by atoms with E-state index in [0.29, 0.717) is 12.5 Å². The molecule has 0 amide bonds. The van der Waals surface area contributed by atoms with Crippen molar-refractivity contribution in [3.63, 3.8) is 0 Å². The van der Waals surface area contributed by atoms with E-state index in [-0.39, 0.29) is 11.9 Å². The Kier molecular flexibility index (Phi) is 5.10. The fourth-order valence-electron chi connectivity index (χ4n) is 2.82.